The molecule has 0 spiro atoms. The Balaban J connectivity index is 2.55. The average molecular weight is 260 g/mol. The average Bonchev–Trinajstić information content (AvgIpc) is 2.68. The molecule has 1 aromatic heterocycles. The summed E-state index contributed by atoms with van der Waals surface area (Å²) in [5, 5.41) is 15.2. The molecule has 1 aromatic carbocycles. The first-order valence-corrected chi connectivity index (χ1v) is 6.10. The van der Waals surface area contributed by atoms with Gasteiger partial charge in [-0.05, 0) is 6.42 Å². The Labute approximate surface area is 111 Å². The summed E-state index contributed by atoms with van der Waals surface area (Å²) in [7, 11) is 1.77. The zero-order valence-corrected chi connectivity index (χ0v) is 11.0. The van der Waals surface area contributed by atoms with E-state index in [2.05, 4.69) is 12.0 Å². The van der Waals surface area contributed by atoms with Gasteiger partial charge in [0.15, 0.2) is 0 Å². The molecule has 1 heterocycles. The first kappa shape index (κ1) is 13.1. The highest BCUT2D eigenvalue weighted by Crippen LogP contribution is 2.29. The smallest absolute Gasteiger partial charge is 0.270 e. The predicted octanol–water partition coefficient (Wildman–Crippen LogP) is 2.53. The van der Waals surface area contributed by atoms with Gasteiger partial charge in [0.2, 0.25) is 0 Å². The summed E-state index contributed by atoms with van der Waals surface area (Å²) in [6, 6.07) is 6.47. The molecule has 6 heteroatoms. The van der Waals surface area contributed by atoms with Crippen LogP contribution in [0.4, 0.5) is 11.5 Å². The third-order valence-corrected chi connectivity index (χ3v) is 3.02. The maximum absolute atomic E-state index is 10.8. The highest BCUT2D eigenvalue weighted by Gasteiger charge is 2.16. The van der Waals surface area contributed by atoms with Crippen molar-refractivity contribution in [2.45, 2.75) is 19.8 Å². The summed E-state index contributed by atoms with van der Waals surface area (Å²) in [6.45, 7) is 2.06. The SMILES string of the molecule is CCCc1c(-c2cccc([N+](=O)[O-])c2)nn(C)c1N. The molecule has 0 aliphatic carbocycles. The van der Waals surface area contributed by atoms with E-state index in [0.717, 1.165) is 29.7 Å². The maximum Gasteiger partial charge on any atom is 0.270 e. The van der Waals surface area contributed by atoms with Crippen molar-refractivity contribution in [3.8, 4) is 11.3 Å². The summed E-state index contributed by atoms with van der Waals surface area (Å²) >= 11 is 0. The number of hydrogen-bond donors (Lipinski definition) is 1. The van der Waals surface area contributed by atoms with Gasteiger partial charge in [-0.3, -0.25) is 14.8 Å². The van der Waals surface area contributed by atoms with Crippen molar-refractivity contribution in [3.05, 3.63) is 39.9 Å². The molecule has 0 atom stereocenters. The molecule has 0 aliphatic heterocycles. The molecule has 19 heavy (non-hydrogen) atoms. The lowest BCUT2D eigenvalue weighted by atomic mass is 10.0. The van der Waals surface area contributed by atoms with Gasteiger partial charge in [0.05, 0.1) is 10.6 Å². The third kappa shape index (κ3) is 2.42. The van der Waals surface area contributed by atoms with E-state index < -0.39 is 4.92 Å². The summed E-state index contributed by atoms with van der Waals surface area (Å²) in [5.74, 6) is 0.614. The minimum atomic E-state index is -0.407. The number of nitro benzene ring substituents is 1. The van der Waals surface area contributed by atoms with E-state index in [1.165, 1.54) is 12.1 Å². The highest BCUT2D eigenvalue weighted by molar-refractivity contribution is 5.70. The van der Waals surface area contributed by atoms with Crippen LogP contribution in [-0.4, -0.2) is 14.7 Å². The Bertz CT molecular complexity index is 619. The van der Waals surface area contributed by atoms with E-state index in [1.807, 2.05) is 6.07 Å². The van der Waals surface area contributed by atoms with E-state index in [0.29, 0.717) is 5.82 Å². The summed E-state index contributed by atoms with van der Waals surface area (Å²) in [5.41, 5.74) is 8.45. The van der Waals surface area contributed by atoms with Gasteiger partial charge in [-0.25, -0.2) is 0 Å². The molecule has 0 aliphatic rings. The van der Waals surface area contributed by atoms with E-state index in [-0.39, 0.29) is 5.69 Å². The van der Waals surface area contributed by atoms with E-state index in [4.69, 9.17) is 5.73 Å². The lowest BCUT2D eigenvalue weighted by Gasteiger charge is -2.02. The quantitative estimate of drug-likeness (QED) is 0.676. The standard InChI is InChI=1S/C13H16N4O2/c1-3-5-11-12(15-16(2)13(11)14)9-6-4-7-10(8-9)17(18)19/h4,6-8H,3,5,14H2,1-2H3. The van der Waals surface area contributed by atoms with Crippen molar-refractivity contribution in [2.24, 2.45) is 7.05 Å². The van der Waals surface area contributed by atoms with Gasteiger partial charge in [-0.1, -0.05) is 25.5 Å². The van der Waals surface area contributed by atoms with Crippen LogP contribution in [0, 0.1) is 10.1 Å². The van der Waals surface area contributed by atoms with Crippen molar-refractivity contribution in [2.75, 3.05) is 5.73 Å². The van der Waals surface area contributed by atoms with Crippen molar-refractivity contribution in [1.29, 1.82) is 0 Å². The van der Waals surface area contributed by atoms with Crippen LogP contribution in [0.1, 0.15) is 18.9 Å². The number of nitrogens with two attached hydrogens (primary N) is 1. The fourth-order valence-electron chi connectivity index (χ4n) is 2.08. The topological polar surface area (TPSA) is 87.0 Å². The molecule has 0 amide bonds. The number of aromatic nitrogens is 2. The van der Waals surface area contributed by atoms with Crippen molar-refractivity contribution in [3.63, 3.8) is 0 Å². The second-order valence-corrected chi connectivity index (χ2v) is 4.39. The van der Waals surface area contributed by atoms with E-state index in [1.54, 1.807) is 17.8 Å². The van der Waals surface area contributed by atoms with Crippen LogP contribution in [0.25, 0.3) is 11.3 Å². The number of anilines is 1. The second kappa shape index (κ2) is 5.09. The molecular formula is C13H16N4O2. The van der Waals surface area contributed by atoms with Gasteiger partial charge in [0.25, 0.3) is 5.69 Å². The first-order chi connectivity index (χ1) is 9.04. The molecule has 0 saturated heterocycles. The zero-order valence-electron chi connectivity index (χ0n) is 11.0. The largest absolute Gasteiger partial charge is 0.384 e. The number of nitrogens with zero attached hydrogens (tertiary/aromatic N) is 3. The van der Waals surface area contributed by atoms with Gasteiger partial charge in [0.1, 0.15) is 5.82 Å². The molecular weight excluding hydrogens is 244 g/mol. The number of non-ortho nitro benzene ring substituents is 1. The summed E-state index contributed by atoms with van der Waals surface area (Å²) < 4.78 is 1.61. The molecule has 0 unspecified atom stereocenters. The number of benzene rings is 1. The van der Waals surface area contributed by atoms with E-state index in [9.17, 15) is 10.1 Å². The van der Waals surface area contributed by atoms with Crippen LogP contribution in [-0.2, 0) is 13.5 Å². The lowest BCUT2D eigenvalue weighted by molar-refractivity contribution is -0.384. The normalized spacial score (nSPS) is 10.6. The molecule has 2 aromatic rings. The van der Waals surface area contributed by atoms with Gasteiger partial charge < -0.3 is 5.73 Å². The number of rotatable bonds is 4. The predicted molar refractivity (Wildman–Crippen MR) is 73.7 cm³/mol. The fourth-order valence-corrected chi connectivity index (χ4v) is 2.08. The number of nitrogen functional groups attached to an aromatic ring is 1. The summed E-state index contributed by atoms with van der Waals surface area (Å²) in [6.07, 6.45) is 1.75. The Morgan fingerprint density at radius 1 is 1.47 bits per heavy atom. The zero-order chi connectivity index (χ0) is 14.0. The van der Waals surface area contributed by atoms with Gasteiger partial charge in [-0.15, -0.1) is 0 Å². The van der Waals surface area contributed by atoms with Gasteiger partial charge >= 0.3 is 0 Å². The van der Waals surface area contributed by atoms with Gasteiger partial charge in [0, 0.05) is 30.3 Å². The third-order valence-electron chi connectivity index (χ3n) is 3.02. The Kier molecular flexibility index (Phi) is 3.50. The van der Waals surface area contributed by atoms with Crippen LogP contribution >= 0.6 is 0 Å². The van der Waals surface area contributed by atoms with Crippen LogP contribution in [0.15, 0.2) is 24.3 Å². The second-order valence-electron chi connectivity index (χ2n) is 4.39. The number of hydrogen-bond acceptors (Lipinski definition) is 4. The molecule has 0 radical (unpaired) electrons. The molecule has 0 saturated carbocycles. The molecule has 0 bridgehead atoms. The fraction of sp³-hybridized carbons (Fsp3) is 0.308. The Morgan fingerprint density at radius 2 is 2.21 bits per heavy atom. The summed E-state index contributed by atoms with van der Waals surface area (Å²) in [4.78, 5) is 10.4. The Hall–Kier alpha value is -2.37. The maximum atomic E-state index is 10.8. The molecule has 100 valence electrons. The first-order valence-electron chi connectivity index (χ1n) is 6.10. The van der Waals surface area contributed by atoms with Crippen molar-refractivity contribution >= 4 is 11.5 Å². The molecule has 2 rings (SSSR count). The van der Waals surface area contributed by atoms with Crippen LogP contribution < -0.4 is 5.73 Å². The van der Waals surface area contributed by atoms with Crippen LogP contribution in [0.3, 0.4) is 0 Å². The highest BCUT2D eigenvalue weighted by atomic mass is 16.6. The number of nitro groups is 1. The van der Waals surface area contributed by atoms with Crippen molar-refractivity contribution < 1.29 is 4.92 Å². The minimum absolute atomic E-state index is 0.0594. The van der Waals surface area contributed by atoms with Gasteiger partial charge in [-0.2, -0.15) is 5.10 Å². The molecule has 2 N–H and O–H groups in total. The number of aryl methyl sites for hydroxylation is 1. The monoisotopic (exact) mass is 260 g/mol. The van der Waals surface area contributed by atoms with Crippen molar-refractivity contribution in [1.82, 2.24) is 9.78 Å². The van der Waals surface area contributed by atoms with Crippen LogP contribution in [0.5, 0.6) is 0 Å². The van der Waals surface area contributed by atoms with Crippen LogP contribution in [0.2, 0.25) is 0 Å². The molecule has 6 nitrogen and oxygen atoms in total. The molecule has 0 fully saturated rings. The lowest BCUT2D eigenvalue weighted by Crippen LogP contribution is -1.99. The van der Waals surface area contributed by atoms with E-state index >= 15 is 0 Å². The Morgan fingerprint density at radius 3 is 2.84 bits per heavy atom. The minimum Gasteiger partial charge on any atom is -0.384 e.